The number of carbonyl (C=O) groups excluding carboxylic acids is 1. The quantitative estimate of drug-likeness (QED) is 0.204. The number of hydrazone groups is 1. The van der Waals surface area contributed by atoms with Gasteiger partial charge in [0.1, 0.15) is 12.2 Å². The van der Waals surface area contributed by atoms with Gasteiger partial charge in [-0.2, -0.15) is 9.78 Å². The van der Waals surface area contributed by atoms with Crippen molar-refractivity contribution in [2.45, 2.75) is 33.2 Å². The standard InChI is InChI=1S/C21H26N10O2/c1-3-9-30(10-4-2)13-17-18(25-29-31(17)20-19(22)27-33-28-20)21(32)26-24-12-14-11-23-16-8-6-5-7-15(14)16/h5-8,11-12,23H,3-4,9-10,13H2,1-2H3,(H2,22,27)(H,26,32)/p+1/b24-12+. The molecule has 0 saturated heterocycles. The summed E-state index contributed by atoms with van der Waals surface area (Å²) in [4.78, 5) is 17.4. The molecule has 0 atom stereocenters. The van der Waals surface area contributed by atoms with Gasteiger partial charge >= 0.3 is 0 Å². The molecule has 0 aliphatic carbocycles. The Kier molecular flexibility index (Phi) is 6.74. The van der Waals surface area contributed by atoms with Crippen LogP contribution in [0.25, 0.3) is 16.7 Å². The average molecular weight is 452 g/mol. The summed E-state index contributed by atoms with van der Waals surface area (Å²) < 4.78 is 6.13. The third-order valence-corrected chi connectivity index (χ3v) is 5.29. The number of aromatic nitrogens is 6. The van der Waals surface area contributed by atoms with E-state index in [9.17, 15) is 4.79 Å². The summed E-state index contributed by atoms with van der Waals surface area (Å²) in [6.07, 6.45) is 5.42. The number of nitrogens with two attached hydrogens (primary N) is 1. The third-order valence-electron chi connectivity index (χ3n) is 5.29. The highest BCUT2D eigenvalue weighted by Gasteiger charge is 2.27. The van der Waals surface area contributed by atoms with Gasteiger partial charge in [-0.3, -0.25) is 4.79 Å². The number of para-hydroxylation sites is 1. The molecule has 1 aromatic carbocycles. The molecule has 4 aromatic rings. The second kappa shape index (κ2) is 10.0. The molecular formula is C21H27N10O2+. The highest BCUT2D eigenvalue weighted by atomic mass is 16.6. The molecule has 0 radical (unpaired) electrons. The first-order valence-corrected chi connectivity index (χ1v) is 10.9. The van der Waals surface area contributed by atoms with E-state index in [4.69, 9.17) is 10.4 Å². The normalized spacial score (nSPS) is 11.7. The molecule has 33 heavy (non-hydrogen) atoms. The molecule has 12 nitrogen and oxygen atoms in total. The number of quaternary nitrogens is 1. The van der Waals surface area contributed by atoms with Gasteiger partial charge in [-0.1, -0.05) is 37.3 Å². The average Bonchev–Trinajstić information content (AvgIpc) is 3.53. The predicted molar refractivity (Wildman–Crippen MR) is 122 cm³/mol. The molecule has 3 heterocycles. The first-order valence-electron chi connectivity index (χ1n) is 10.9. The number of carbonyl (C=O) groups is 1. The van der Waals surface area contributed by atoms with Gasteiger partial charge in [-0.15, -0.1) is 5.10 Å². The predicted octanol–water partition coefficient (Wildman–Crippen LogP) is 0.683. The second-order valence-electron chi connectivity index (χ2n) is 7.69. The number of amides is 1. The molecule has 0 saturated carbocycles. The van der Waals surface area contributed by atoms with Crippen LogP contribution in [0.4, 0.5) is 5.82 Å². The Hall–Kier alpha value is -4.06. The number of fused-ring (bicyclic) bond motifs is 1. The fraction of sp³-hybridized carbons (Fsp3) is 0.333. The zero-order chi connectivity index (χ0) is 23.2. The van der Waals surface area contributed by atoms with Crippen molar-refractivity contribution in [2.75, 3.05) is 18.8 Å². The highest BCUT2D eigenvalue weighted by Crippen LogP contribution is 2.16. The number of anilines is 1. The number of nitrogens with zero attached hydrogens (tertiary/aromatic N) is 6. The lowest BCUT2D eigenvalue weighted by Crippen LogP contribution is -3.10. The Morgan fingerprint density at radius 2 is 2.06 bits per heavy atom. The Labute approximate surface area is 189 Å². The first kappa shape index (κ1) is 22.1. The van der Waals surface area contributed by atoms with Gasteiger partial charge in [-0.25, -0.2) is 10.1 Å². The molecule has 5 N–H and O–H groups in total. The maximum Gasteiger partial charge on any atom is 0.294 e. The number of nitrogen functional groups attached to an aromatic ring is 1. The van der Waals surface area contributed by atoms with Crippen molar-refractivity contribution in [3.63, 3.8) is 0 Å². The van der Waals surface area contributed by atoms with Crippen molar-refractivity contribution in [3.8, 4) is 5.82 Å². The van der Waals surface area contributed by atoms with Crippen LogP contribution in [0.15, 0.2) is 40.2 Å². The van der Waals surface area contributed by atoms with Crippen molar-refractivity contribution in [2.24, 2.45) is 5.10 Å². The van der Waals surface area contributed by atoms with Gasteiger partial charge in [0.05, 0.1) is 19.3 Å². The molecule has 3 aromatic heterocycles. The maximum absolute atomic E-state index is 13.0. The maximum atomic E-state index is 13.0. The van der Waals surface area contributed by atoms with Crippen LogP contribution >= 0.6 is 0 Å². The fourth-order valence-electron chi connectivity index (χ4n) is 3.80. The van der Waals surface area contributed by atoms with Crippen LogP contribution in [0.1, 0.15) is 48.4 Å². The number of hydrogen-bond acceptors (Lipinski definition) is 8. The van der Waals surface area contributed by atoms with Crippen molar-refractivity contribution in [1.82, 2.24) is 35.7 Å². The topological polar surface area (TPSA) is 157 Å². The third kappa shape index (κ3) is 4.75. The van der Waals surface area contributed by atoms with Crippen LogP contribution < -0.4 is 16.1 Å². The van der Waals surface area contributed by atoms with E-state index in [2.05, 4.69) is 50.0 Å². The summed E-state index contributed by atoms with van der Waals surface area (Å²) in [6.45, 7) is 6.63. The summed E-state index contributed by atoms with van der Waals surface area (Å²) in [5.74, 6) is -0.209. The van der Waals surface area contributed by atoms with E-state index in [0.717, 1.165) is 42.4 Å². The van der Waals surface area contributed by atoms with Crippen LogP contribution in [-0.2, 0) is 6.54 Å². The summed E-state index contributed by atoms with van der Waals surface area (Å²) in [5.41, 5.74) is 11.0. The largest absolute Gasteiger partial charge is 0.378 e. The molecule has 0 spiro atoms. The summed E-state index contributed by atoms with van der Waals surface area (Å²) in [7, 11) is 0. The number of hydrogen-bond donors (Lipinski definition) is 4. The summed E-state index contributed by atoms with van der Waals surface area (Å²) in [5, 5.41) is 20.8. The van der Waals surface area contributed by atoms with E-state index in [1.807, 2.05) is 30.5 Å². The van der Waals surface area contributed by atoms with Gasteiger partial charge < -0.3 is 15.6 Å². The Balaban J connectivity index is 1.59. The lowest BCUT2D eigenvalue weighted by Gasteiger charge is -2.18. The molecule has 0 bridgehead atoms. The number of H-pyrrole nitrogens is 1. The van der Waals surface area contributed by atoms with Crippen LogP contribution in [0.2, 0.25) is 0 Å². The van der Waals surface area contributed by atoms with E-state index in [-0.39, 0.29) is 17.3 Å². The molecule has 0 aliphatic rings. The summed E-state index contributed by atoms with van der Waals surface area (Å²) in [6, 6.07) is 7.85. The zero-order valence-electron chi connectivity index (χ0n) is 18.6. The van der Waals surface area contributed by atoms with Crippen LogP contribution in [0.5, 0.6) is 0 Å². The Morgan fingerprint density at radius 1 is 1.27 bits per heavy atom. The monoisotopic (exact) mass is 451 g/mol. The van der Waals surface area contributed by atoms with Crippen molar-refractivity contribution in [1.29, 1.82) is 0 Å². The number of benzene rings is 1. The molecule has 172 valence electrons. The minimum absolute atomic E-state index is 0.0676. The number of rotatable bonds is 10. The van der Waals surface area contributed by atoms with E-state index in [0.29, 0.717) is 12.2 Å². The van der Waals surface area contributed by atoms with Gasteiger partial charge in [0, 0.05) is 22.7 Å². The lowest BCUT2D eigenvalue weighted by molar-refractivity contribution is -0.914. The lowest BCUT2D eigenvalue weighted by atomic mass is 10.2. The van der Waals surface area contributed by atoms with E-state index >= 15 is 0 Å². The van der Waals surface area contributed by atoms with Crippen LogP contribution in [-0.4, -0.2) is 55.5 Å². The van der Waals surface area contributed by atoms with E-state index in [1.165, 1.54) is 9.58 Å². The minimum Gasteiger partial charge on any atom is -0.378 e. The van der Waals surface area contributed by atoms with E-state index < -0.39 is 5.91 Å². The zero-order valence-corrected chi connectivity index (χ0v) is 18.6. The van der Waals surface area contributed by atoms with Crippen LogP contribution in [0.3, 0.4) is 0 Å². The summed E-state index contributed by atoms with van der Waals surface area (Å²) >= 11 is 0. The van der Waals surface area contributed by atoms with Gasteiger partial charge in [0.15, 0.2) is 5.69 Å². The molecule has 12 heteroatoms. The van der Waals surface area contributed by atoms with Crippen LogP contribution in [0, 0.1) is 0 Å². The molecule has 0 unspecified atom stereocenters. The molecule has 0 fully saturated rings. The number of aromatic amines is 1. The fourth-order valence-corrected chi connectivity index (χ4v) is 3.80. The molecule has 0 aliphatic heterocycles. The van der Waals surface area contributed by atoms with Gasteiger partial charge in [-0.05, 0) is 29.2 Å². The molecular weight excluding hydrogens is 424 g/mol. The second-order valence-corrected chi connectivity index (χ2v) is 7.69. The van der Waals surface area contributed by atoms with Crippen molar-refractivity contribution < 1.29 is 14.3 Å². The Morgan fingerprint density at radius 3 is 2.79 bits per heavy atom. The van der Waals surface area contributed by atoms with Crippen molar-refractivity contribution >= 4 is 28.8 Å². The minimum atomic E-state index is -0.477. The number of nitrogens with one attached hydrogen (secondary N) is 3. The molecule has 1 amide bonds. The van der Waals surface area contributed by atoms with Gasteiger partial charge in [0.25, 0.3) is 5.91 Å². The SMILES string of the molecule is CCC[NH+](CCC)Cc1c(C(=O)N/N=C/c2c[nH]c3ccccc23)nnn1-c1nonc1N. The van der Waals surface area contributed by atoms with Gasteiger partial charge in [0.2, 0.25) is 11.6 Å². The van der Waals surface area contributed by atoms with Crippen molar-refractivity contribution in [3.05, 3.63) is 47.4 Å². The first-order chi connectivity index (χ1) is 16.1. The Bertz CT molecular complexity index is 1250. The molecule has 4 rings (SSSR count). The smallest absolute Gasteiger partial charge is 0.294 e. The highest BCUT2D eigenvalue weighted by molar-refractivity contribution is 6.00. The van der Waals surface area contributed by atoms with E-state index in [1.54, 1.807) is 6.21 Å².